The van der Waals surface area contributed by atoms with Crippen LogP contribution in [0.4, 0.5) is 0 Å². The molecular formula is C19H32IN5OS. The maximum absolute atomic E-state index is 12.6. The summed E-state index contributed by atoms with van der Waals surface area (Å²) in [6, 6.07) is 0.278. The SMILES string of the molecule is CCNC(=NCc1csc(CC)n1)NC1CCN(C(=O)C2CCCC2)C1.I. The number of aromatic nitrogens is 1. The zero-order valence-corrected chi connectivity index (χ0v) is 19.5. The quantitative estimate of drug-likeness (QED) is 0.354. The van der Waals surface area contributed by atoms with Gasteiger partial charge in [-0.3, -0.25) is 4.79 Å². The van der Waals surface area contributed by atoms with Crippen LogP contribution in [-0.2, 0) is 17.8 Å². The standard InChI is InChI=1S/C19H31N5OS.HI/c1-3-17-22-16(13-26-17)11-21-19(20-4-2)23-15-9-10-24(12-15)18(25)14-7-5-6-8-14;/h13-15H,3-12H2,1-2H3,(H2,20,21,23);1H. The fraction of sp³-hybridized carbons (Fsp3) is 0.737. The molecule has 1 amide bonds. The lowest BCUT2D eigenvalue weighted by atomic mass is 10.1. The highest BCUT2D eigenvalue weighted by Crippen LogP contribution is 2.27. The van der Waals surface area contributed by atoms with Crippen molar-refractivity contribution in [3.05, 3.63) is 16.1 Å². The molecule has 152 valence electrons. The van der Waals surface area contributed by atoms with Crippen LogP contribution in [0.2, 0.25) is 0 Å². The Bertz CT molecular complexity index is 629. The summed E-state index contributed by atoms with van der Waals surface area (Å²) >= 11 is 1.70. The Morgan fingerprint density at radius 2 is 2.11 bits per heavy atom. The van der Waals surface area contributed by atoms with E-state index in [2.05, 4.69) is 39.8 Å². The van der Waals surface area contributed by atoms with Gasteiger partial charge in [-0.1, -0.05) is 19.8 Å². The molecule has 2 heterocycles. The molecule has 0 bridgehead atoms. The molecule has 1 atom stereocenters. The maximum atomic E-state index is 12.6. The van der Waals surface area contributed by atoms with E-state index in [-0.39, 0.29) is 35.9 Å². The minimum absolute atomic E-state index is 0. The number of carbonyl (C=O) groups is 1. The maximum Gasteiger partial charge on any atom is 0.225 e. The number of hydrogen-bond donors (Lipinski definition) is 2. The number of hydrogen-bond acceptors (Lipinski definition) is 4. The summed E-state index contributed by atoms with van der Waals surface area (Å²) in [5, 5.41) is 10.1. The van der Waals surface area contributed by atoms with Crippen LogP contribution in [-0.4, -0.2) is 47.4 Å². The number of nitrogens with zero attached hydrogens (tertiary/aromatic N) is 3. The van der Waals surface area contributed by atoms with Crippen molar-refractivity contribution in [2.24, 2.45) is 10.9 Å². The van der Waals surface area contributed by atoms with Gasteiger partial charge in [0.1, 0.15) is 0 Å². The van der Waals surface area contributed by atoms with E-state index in [1.165, 1.54) is 12.8 Å². The summed E-state index contributed by atoms with van der Waals surface area (Å²) in [5.74, 6) is 1.45. The van der Waals surface area contributed by atoms with E-state index in [1.54, 1.807) is 11.3 Å². The molecule has 1 aliphatic heterocycles. The second kappa shape index (κ2) is 11.2. The lowest BCUT2D eigenvalue weighted by molar-refractivity contribution is -0.134. The molecule has 0 spiro atoms. The first-order valence-electron chi connectivity index (χ1n) is 9.96. The third-order valence-electron chi connectivity index (χ3n) is 5.19. The second-order valence-corrected chi connectivity index (χ2v) is 8.12. The molecular weight excluding hydrogens is 473 g/mol. The molecule has 6 nitrogen and oxygen atoms in total. The highest BCUT2D eigenvalue weighted by Gasteiger charge is 2.32. The van der Waals surface area contributed by atoms with Crippen molar-refractivity contribution in [2.75, 3.05) is 19.6 Å². The molecule has 1 unspecified atom stereocenters. The lowest BCUT2D eigenvalue weighted by Gasteiger charge is -2.21. The second-order valence-electron chi connectivity index (χ2n) is 7.18. The fourth-order valence-corrected chi connectivity index (χ4v) is 4.50. The molecule has 8 heteroatoms. The normalized spacial score (nSPS) is 20.6. The summed E-state index contributed by atoms with van der Waals surface area (Å²) < 4.78 is 0. The summed E-state index contributed by atoms with van der Waals surface area (Å²) in [4.78, 5) is 23.9. The minimum atomic E-state index is 0. The van der Waals surface area contributed by atoms with E-state index in [0.717, 1.165) is 62.0 Å². The number of aryl methyl sites for hydroxylation is 1. The van der Waals surface area contributed by atoms with Crippen molar-refractivity contribution in [1.29, 1.82) is 0 Å². The summed E-state index contributed by atoms with van der Waals surface area (Å²) in [5.41, 5.74) is 1.02. The van der Waals surface area contributed by atoms with Gasteiger partial charge < -0.3 is 15.5 Å². The van der Waals surface area contributed by atoms with Gasteiger partial charge in [0, 0.05) is 37.0 Å². The van der Waals surface area contributed by atoms with Gasteiger partial charge in [0.2, 0.25) is 5.91 Å². The van der Waals surface area contributed by atoms with E-state index in [0.29, 0.717) is 12.5 Å². The van der Waals surface area contributed by atoms with Gasteiger partial charge in [-0.2, -0.15) is 0 Å². The third-order valence-corrected chi connectivity index (χ3v) is 6.23. The zero-order valence-electron chi connectivity index (χ0n) is 16.4. The smallest absolute Gasteiger partial charge is 0.225 e. The summed E-state index contributed by atoms with van der Waals surface area (Å²) in [6.45, 7) is 7.24. The van der Waals surface area contributed by atoms with E-state index in [9.17, 15) is 4.79 Å². The Labute approximate surface area is 183 Å². The van der Waals surface area contributed by atoms with E-state index in [4.69, 9.17) is 0 Å². The van der Waals surface area contributed by atoms with E-state index in [1.807, 2.05) is 4.90 Å². The number of halogens is 1. The largest absolute Gasteiger partial charge is 0.357 e. The molecule has 1 aliphatic carbocycles. The molecule has 2 aliphatic rings. The molecule has 0 aromatic carbocycles. The van der Waals surface area contributed by atoms with Gasteiger partial charge in [-0.15, -0.1) is 35.3 Å². The monoisotopic (exact) mass is 505 g/mol. The predicted octanol–water partition coefficient (Wildman–Crippen LogP) is 3.17. The van der Waals surface area contributed by atoms with Crippen LogP contribution in [0, 0.1) is 5.92 Å². The van der Waals surface area contributed by atoms with Crippen molar-refractivity contribution in [3.8, 4) is 0 Å². The summed E-state index contributed by atoms with van der Waals surface area (Å²) in [7, 11) is 0. The van der Waals surface area contributed by atoms with Crippen LogP contribution in [0.1, 0.15) is 56.7 Å². The molecule has 27 heavy (non-hydrogen) atoms. The average Bonchev–Trinajstić information content (AvgIpc) is 3.40. The van der Waals surface area contributed by atoms with Gasteiger partial charge in [0.15, 0.2) is 5.96 Å². The molecule has 3 rings (SSSR count). The van der Waals surface area contributed by atoms with Crippen LogP contribution < -0.4 is 10.6 Å². The lowest BCUT2D eigenvalue weighted by Crippen LogP contribution is -2.45. The molecule has 1 saturated carbocycles. The van der Waals surface area contributed by atoms with Crippen molar-refractivity contribution in [3.63, 3.8) is 0 Å². The number of thiazole rings is 1. The van der Waals surface area contributed by atoms with Crippen molar-refractivity contribution in [1.82, 2.24) is 20.5 Å². The topological polar surface area (TPSA) is 69.6 Å². The first-order chi connectivity index (χ1) is 12.7. The third kappa shape index (κ3) is 6.30. The molecule has 1 aromatic rings. The van der Waals surface area contributed by atoms with Crippen molar-refractivity contribution < 1.29 is 4.79 Å². The molecule has 2 fully saturated rings. The first kappa shape index (κ1) is 22.4. The Morgan fingerprint density at radius 1 is 1.33 bits per heavy atom. The van der Waals surface area contributed by atoms with Crippen LogP contribution in [0.5, 0.6) is 0 Å². The molecule has 2 N–H and O–H groups in total. The molecule has 1 saturated heterocycles. The number of aliphatic imine (C=N–C) groups is 1. The average molecular weight is 505 g/mol. The number of amides is 1. The van der Waals surface area contributed by atoms with E-state index >= 15 is 0 Å². The van der Waals surface area contributed by atoms with Crippen LogP contribution in [0.3, 0.4) is 0 Å². The number of nitrogens with one attached hydrogen (secondary N) is 2. The number of carbonyl (C=O) groups excluding carboxylic acids is 1. The van der Waals surface area contributed by atoms with Gasteiger partial charge in [-0.25, -0.2) is 9.98 Å². The van der Waals surface area contributed by atoms with E-state index < -0.39 is 0 Å². The van der Waals surface area contributed by atoms with Crippen LogP contribution in [0.15, 0.2) is 10.4 Å². The first-order valence-corrected chi connectivity index (χ1v) is 10.8. The Balaban J connectivity index is 0.00000261. The van der Waals surface area contributed by atoms with Crippen LogP contribution in [0.25, 0.3) is 0 Å². The Hall–Kier alpha value is -0.900. The van der Waals surface area contributed by atoms with Crippen molar-refractivity contribution in [2.45, 2.75) is 65.0 Å². The van der Waals surface area contributed by atoms with Gasteiger partial charge >= 0.3 is 0 Å². The highest BCUT2D eigenvalue weighted by molar-refractivity contribution is 14.0. The zero-order chi connectivity index (χ0) is 18.4. The molecule has 0 radical (unpaired) electrons. The predicted molar refractivity (Wildman–Crippen MR) is 122 cm³/mol. The van der Waals surface area contributed by atoms with Gasteiger partial charge in [-0.05, 0) is 32.6 Å². The van der Waals surface area contributed by atoms with Crippen molar-refractivity contribution >= 4 is 47.2 Å². The molecule has 1 aromatic heterocycles. The van der Waals surface area contributed by atoms with Gasteiger partial charge in [0.25, 0.3) is 0 Å². The number of rotatable bonds is 6. The van der Waals surface area contributed by atoms with Gasteiger partial charge in [0.05, 0.1) is 17.2 Å². The Morgan fingerprint density at radius 3 is 2.78 bits per heavy atom. The summed E-state index contributed by atoms with van der Waals surface area (Å²) in [6.07, 6.45) is 6.52. The number of guanidine groups is 1. The highest BCUT2D eigenvalue weighted by atomic mass is 127. The number of likely N-dealkylation sites (tertiary alicyclic amines) is 1. The fourth-order valence-electron chi connectivity index (χ4n) is 3.77. The Kier molecular flexibility index (Phi) is 9.28. The van der Waals surface area contributed by atoms with Crippen LogP contribution >= 0.6 is 35.3 Å². The minimum Gasteiger partial charge on any atom is -0.357 e.